The van der Waals surface area contributed by atoms with E-state index in [0.29, 0.717) is 29.7 Å². The van der Waals surface area contributed by atoms with Crippen LogP contribution in [0.1, 0.15) is 54.9 Å². The molecule has 1 aliphatic rings. The number of quaternary nitrogens is 1. The minimum atomic E-state index is -0.488. The first-order valence-electron chi connectivity index (χ1n) is 11.5. The molecule has 0 aliphatic carbocycles. The topological polar surface area (TPSA) is 64.2 Å². The van der Waals surface area contributed by atoms with E-state index in [4.69, 9.17) is 9.15 Å². The number of amides is 1. The summed E-state index contributed by atoms with van der Waals surface area (Å²) in [7, 11) is 0. The molecule has 1 aliphatic heterocycles. The molecule has 1 amide bonds. The minimum Gasteiger partial charge on any atom is -0.494 e. The van der Waals surface area contributed by atoms with E-state index in [1.165, 1.54) is 4.90 Å². The highest BCUT2D eigenvalue weighted by Gasteiger charge is 2.43. The van der Waals surface area contributed by atoms with Gasteiger partial charge >= 0.3 is 0 Å². The van der Waals surface area contributed by atoms with Crippen molar-refractivity contribution in [2.45, 2.75) is 33.2 Å². The van der Waals surface area contributed by atoms with Crippen LogP contribution in [0.3, 0.4) is 0 Å². The summed E-state index contributed by atoms with van der Waals surface area (Å²) < 4.78 is 11.8. The van der Waals surface area contributed by atoms with Crippen molar-refractivity contribution in [2.24, 2.45) is 0 Å². The SMILES string of the molecule is CCCOc1cccc([C@@H]2c3c(oc4ccccc4c3=O)C(=O)N2CC[NH+](CC)CC)c1. The van der Waals surface area contributed by atoms with Crippen molar-refractivity contribution in [2.75, 3.05) is 32.8 Å². The first-order valence-corrected chi connectivity index (χ1v) is 11.5. The van der Waals surface area contributed by atoms with Crippen LogP contribution in [-0.4, -0.2) is 43.6 Å². The lowest BCUT2D eigenvalue weighted by atomic mass is 9.98. The van der Waals surface area contributed by atoms with Gasteiger partial charge in [-0.05, 0) is 50.1 Å². The van der Waals surface area contributed by atoms with Crippen molar-refractivity contribution in [1.29, 1.82) is 0 Å². The van der Waals surface area contributed by atoms with E-state index in [1.807, 2.05) is 36.4 Å². The molecule has 0 saturated heterocycles. The molecule has 0 radical (unpaired) electrons. The van der Waals surface area contributed by atoms with Gasteiger partial charge in [0, 0.05) is 0 Å². The van der Waals surface area contributed by atoms with Gasteiger partial charge in [0.2, 0.25) is 5.76 Å². The molecule has 1 atom stereocenters. The van der Waals surface area contributed by atoms with Crippen molar-refractivity contribution in [3.8, 4) is 5.75 Å². The maximum atomic E-state index is 13.5. The fraction of sp³-hybridized carbons (Fsp3) is 0.385. The molecule has 0 saturated carbocycles. The highest BCUT2D eigenvalue weighted by molar-refractivity contribution is 5.99. The highest BCUT2D eigenvalue weighted by atomic mass is 16.5. The van der Waals surface area contributed by atoms with Crippen LogP contribution in [0.2, 0.25) is 0 Å². The molecular formula is C26H31N2O4+. The number of nitrogens with zero attached hydrogens (tertiary/aromatic N) is 1. The van der Waals surface area contributed by atoms with Crippen molar-refractivity contribution >= 4 is 16.9 Å². The maximum Gasteiger partial charge on any atom is 0.291 e. The van der Waals surface area contributed by atoms with Gasteiger partial charge in [0.05, 0.1) is 49.8 Å². The average Bonchev–Trinajstić information content (AvgIpc) is 3.10. The minimum absolute atomic E-state index is 0.141. The Hall–Kier alpha value is -3.12. The van der Waals surface area contributed by atoms with E-state index in [-0.39, 0.29) is 17.1 Å². The molecule has 0 spiro atoms. The van der Waals surface area contributed by atoms with Crippen molar-refractivity contribution in [1.82, 2.24) is 4.90 Å². The number of ether oxygens (including phenoxy) is 1. The van der Waals surface area contributed by atoms with Crippen LogP contribution in [0.25, 0.3) is 11.0 Å². The van der Waals surface area contributed by atoms with Crippen LogP contribution < -0.4 is 15.1 Å². The number of carbonyl (C=O) groups is 1. The number of nitrogens with one attached hydrogen (secondary N) is 1. The molecule has 0 bridgehead atoms. The van der Waals surface area contributed by atoms with Gasteiger partial charge in [-0.3, -0.25) is 9.59 Å². The van der Waals surface area contributed by atoms with Gasteiger partial charge < -0.3 is 19.0 Å². The first kappa shape index (κ1) is 22.1. The number of carbonyl (C=O) groups excluding carboxylic acids is 1. The smallest absolute Gasteiger partial charge is 0.291 e. The lowest BCUT2D eigenvalue weighted by molar-refractivity contribution is -0.895. The summed E-state index contributed by atoms with van der Waals surface area (Å²) in [6, 6.07) is 14.4. The van der Waals surface area contributed by atoms with Crippen LogP contribution in [0.15, 0.2) is 57.7 Å². The monoisotopic (exact) mass is 435 g/mol. The average molecular weight is 436 g/mol. The zero-order valence-corrected chi connectivity index (χ0v) is 19.0. The zero-order valence-electron chi connectivity index (χ0n) is 19.0. The van der Waals surface area contributed by atoms with E-state index in [2.05, 4.69) is 20.8 Å². The second-order valence-electron chi connectivity index (χ2n) is 8.20. The number of fused-ring (bicyclic) bond motifs is 2. The molecule has 168 valence electrons. The Morgan fingerprint density at radius 2 is 1.81 bits per heavy atom. The Morgan fingerprint density at radius 3 is 2.56 bits per heavy atom. The predicted octanol–water partition coefficient (Wildman–Crippen LogP) is 3.05. The summed E-state index contributed by atoms with van der Waals surface area (Å²) in [6.07, 6.45) is 0.906. The van der Waals surface area contributed by atoms with Crippen LogP contribution in [0.5, 0.6) is 5.75 Å². The van der Waals surface area contributed by atoms with E-state index in [0.717, 1.165) is 37.4 Å². The summed E-state index contributed by atoms with van der Waals surface area (Å²) in [5.41, 5.74) is 1.59. The van der Waals surface area contributed by atoms with Gasteiger partial charge in [0.15, 0.2) is 5.43 Å². The van der Waals surface area contributed by atoms with Crippen LogP contribution in [-0.2, 0) is 0 Å². The molecule has 6 nitrogen and oxygen atoms in total. The number of para-hydroxylation sites is 1. The fourth-order valence-corrected chi connectivity index (χ4v) is 4.42. The van der Waals surface area contributed by atoms with Gasteiger partial charge in [0.25, 0.3) is 5.91 Å². The Balaban J connectivity index is 1.83. The van der Waals surface area contributed by atoms with Gasteiger partial charge in [-0.15, -0.1) is 0 Å². The van der Waals surface area contributed by atoms with Crippen molar-refractivity contribution in [3.63, 3.8) is 0 Å². The fourth-order valence-electron chi connectivity index (χ4n) is 4.42. The summed E-state index contributed by atoms with van der Waals surface area (Å²) in [5, 5.41) is 0.499. The molecule has 2 heterocycles. The second-order valence-corrected chi connectivity index (χ2v) is 8.20. The van der Waals surface area contributed by atoms with E-state index in [9.17, 15) is 9.59 Å². The molecule has 1 N–H and O–H groups in total. The quantitative estimate of drug-likeness (QED) is 0.561. The third-order valence-electron chi connectivity index (χ3n) is 6.23. The Morgan fingerprint density at radius 1 is 1.03 bits per heavy atom. The lowest BCUT2D eigenvalue weighted by Crippen LogP contribution is -3.12. The van der Waals surface area contributed by atoms with Gasteiger partial charge in [-0.2, -0.15) is 0 Å². The molecule has 0 fully saturated rings. The standard InChI is InChI=1S/C26H30N2O4/c1-4-16-31-19-11-9-10-18(17-19)23-22-24(29)20-12-7-8-13-21(20)32-25(22)26(30)28(23)15-14-27(5-2)6-3/h7-13,17,23H,4-6,14-16H2,1-3H3/p+1/t23-/m1/s1. The van der Waals surface area contributed by atoms with Crippen LogP contribution >= 0.6 is 0 Å². The molecule has 6 heteroatoms. The van der Waals surface area contributed by atoms with Gasteiger partial charge in [0.1, 0.15) is 11.3 Å². The molecule has 0 unspecified atom stereocenters. The van der Waals surface area contributed by atoms with Crippen molar-refractivity contribution in [3.05, 3.63) is 75.6 Å². The summed E-state index contributed by atoms with van der Waals surface area (Å²) >= 11 is 0. The number of hydrogen-bond donors (Lipinski definition) is 1. The van der Waals surface area contributed by atoms with Crippen LogP contribution in [0, 0.1) is 0 Å². The zero-order chi connectivity index (χ0) is 22.7. The second kappa shape index (κ2) is 9.57. The van der Waals surface area contributed by atoms with E-state index < -0.39 is 6.04 Å². The number of hydrogen-bond acceptors (Lipinski definition) is 4. The summed E-state index contributed by atoms with van der Waals surface area (Å²) in [4.78, 5) is 30.2. The first-order chi connectivity index (χ1) is 15.6. The lowest BCUT2D eigenvalue weighted by Gasteiger charge is -2.27. The molecular weight excluding hydrogens is 404 g/mol. The van der Waals surface area contributed by atoms with Gasteiger partial charge in [-0.1, -0.05) is 31.2 Å². The molecule has 4 rings (SSSR count). The molecule has 32 heavy (non-hydrogen) atoms. The normalized spacial score (nSPS) is 15.6. The third-order valence-corrected chi connectivity index (χ3v) is 6.23. The molecule has 3 aromatic rings. The van der Waals surface area contributed by atoms with Gasteiger partial charge in [-0.25, -0.2) is 0 Å². The Labute approximate surface area is 188 Å². The molecule has 2 aromatic carbocycles. The van der Waals surface area contributed by atoms with Crippen LogP contribution in [0.4, 0.5) is 0 Å². The number of benzene rings is 2. The van der Waals surface area contributed by atoms with E-state index in [1.54, 1.807) is 17.0 Å². The highest BCUT2D eigenvalue weighted by Crippen LogP contribution is 2.38. The van der Waals surface area contributed by atoms with Crippen molar-refractivity contribution < 1.29 is 18.8 Å². The third kappa shape index (κ3) is 4.02. The predicted molar refractivity (Wildman–Crippen MR) is 125 cm³/mol. The Bertz CT molecular complexity index is 1170. The number of rotatable bonds is 9. The summed E-state index contributed by atoms with van der Waals surface area (Å²) in [6.45, 7) is 10.3. The summed E-state index contributed by atoms with van der Waals surface area (Å²) in [5.74, 6) is 0.678. The molecule has 1 aromatic heterocycles. The number of likely N-dealkylation sites (N-methyl/N-ethyl adjacent to an activating group) is 1. The Kier molecular flexibility index (Phi) is 6.61. The maximum absolute atomic E-state index is 13.5. The van der Waals surface area contributed by atoms with E-state index >= 15 is 0 Å². The largest absolute Gasteiger partial charge is 0.494 e.